The number of aryl methyl sites for hydroxylation is 1. The Morgan fingerprint density at radius 1 is 1.53 bits per heavy atom. The van der Waals surface area contributed by atoms with E-state index in [0.29, 0.717) is 6.54 Å². The molecule has 1 saturated heterocycles. The summed E-state index contributed by atoms with van der Waals surface area (Å²) in [5.74, 6) is 0. The van der Waals surface area contributed by atoms with Gasteiger partial charge >= 0.3 is 0 Å². The van der Waals surface area contributed by atoms with Crippen molar-refractivity contribution in [2.45, 2.75) is 26.0 Å². The number of rotatable bonds is 2. The van der Waals surface area contributed by atoms with Gasteiger partial charge in [-0.2, -0.15) is 0 Å². The summed E-state index contributed by atoms with van der Waals surface area (Å²) in [5, 5.41) is 9.54. The predicted molar refractivity (Wildman–Crippen MR) is 61.9 cm³/mol. The minimum Gasteiger partial charge on any atom is -0.391 e. The van der Waals surface area contributed by atoms with Crippen LogP contribution < -0.4 is 10.6 Å². The van der Waals surface area contributed by atoms with Gasteiger partial charge in [0.1, 0.15) is 0 Å². The molecule has 1 aliphatic heterocycles. The molecule has 1 unspecified atom stereocenters. The van der Waals surface area contributed by atoms with Crippen molar-refractivity contribution in [3.63, 3.8) is 0 Å². The molecular formula is C12H18N2O. The average molecular weight is 206 g/mol. The lowest BCUT2D eigenvalue weighted by Crippen LogP contribution is -2.24. The van der Waals surface area contributed by atoms with Crippen LogP contribution >= 0.6 is 0 Å². The topological polar surface area (TPSA) is 49.5 Å². The number of aliphatic hydroxyl groups is 1. The average Bonchev–Trinajstić information content (AvgIpc) is 2.64. The maximum Gasteiger partial charge on any atom is 0.0731 e. The minimum atomic E-state index is -0.185. The lowest BCUT2D eigenvalue weighted by Gasteiger charge is -2.23. The monoisotopic (exact) mass is 206 g/mol. The first-order valence-corrected chi connectivity index (χ1v) is 5.44. The summed E-state index contributed by atoms with van der Waals surface area (Å²) in [6, 6.07) is 6.19. The van der Waals surface area contributed by atoms with Gasteiger partial charge in [-0.1, -0.05) is 18.2 Å². The van der Waals surface area contributed by atoms with E-state index in [1.165, 1.54) is 16.8 Å². The molecule has 1 aliphatic rings. The molecule has 1 heterocycles. The zero-order chi connectivity index (χ0) is 10.8. The summed E-state index contributed by atoms with van der Waals surface area (Å²) < 4.78 is 0. The zero-order valence-corrected chi connectivity index (χ0v) is 9.11. The molecule has 0 bridgehead atoms. The third kappa shape index (κ3) is 1.98. The summed E-state index contributed by atoms with van der Waals surface area (Å²) in [6.45, 7) is 4.32. The second kappa shape index (κ2) is 4.21. The van der Waals surface area contributed by atoms with Gasteiger partial charge in [0.15, 0.2) is 0 Å². The fourth-order valence-electron chi connectivity index (χ4n) is 2.28. The van der Waals surface area contributed by atoms with E-state index in [2.05, 4.69) is 24.0 Å². The third-order valence-corrected chi connectivity index (χ3v) is 3.02. The Morgan fingerprint density at radius 2 is 2.33 bits per heavy atom. The Kier molecular flexibility index (Phi) is 2.93. The zero-order valence-electron chi connectivity index (χ0n) is 9.11. The molecule has 1 aromatic rings. The predicted octanol–water partition coefficient (Wildman–Crippen LogP) is 1.02. The van der Waals surface area contributed by atoms with Crippen molar-refractivity contribution >= 4 is 5.69 Å². The second-order valence-electron chi connectivity index (χ2n) is 4.18. The molecule has 0 saturated carbocycles. The maximum absolute atomic E-state index is 9.54. The molecule has 3 nitrogen and oxygen atoms in total. The third-order valence-electron chi connectivity index (χ3n) is 3.02. The lowest BCUT2D eigenvalue weighted by atomic mass is 10.1. The van der Waals surface area contributed by atoms with Gasteiger partial charge in [-0.25, -0.2) is 0 Å². The van der Waals surface area contributed by atoms with Crippen LogP contribution in [0.3, 0.4) is 0 Å². The van der Waals surface area contributed by atoms with Crippen molar-refractivity contribution in [1.82, 2.24) is 0 Å². The van der Waals surface area contributed by atoms with Crippen molar-refractivity contribution in [1.29, 1.82) is 0 Å². The summed E-state index contributed by atoms with van der Waals surface area (Å²) in [6.07, 6.45) is 0.674. The molecule has 82 valence electrons. The SMILES string of the molecule is Cc1cccc(CN)c1N1CCC(O)C1. The number of anilines is 1. The number of hydrogen-bond acceptors (Lipinski definition) is 3. The quantitative estimate of drug-likeness (QED) is 0.759. The van der Waals surface area contributed by atoms with E-state index in [4.69, 9.17) is 5.73 Å². The van der Waals surface area contributed by atoms with E-state index in [0.717, 1.165) is 19.5 Å². The van der Waals surface area contributed by atoms with Crippen LogP contribution in [-0.4, -0.2) is 24.3 Å². The van der Waals surface area contributed by atoms with E-state index in [9.17, 15) is 5.11 Å². The first-order valence-electron chi connectivity index (χ1n) is 5.44. The maximum atomic E-state index is 9.54. The van der Waals surface area contributed by atoms with E-state index in [1.807, 2.05) is 6.07 Å². The molecule has 0 amide bonds. The van der Waals surface area contributed by atoms with Crippen LogP contribution in [0.15, 0.2) is 18.2 Å². The molecule has 0 aliphatic carbocycles. The molecule has 0 radical (unpaired) electrons. The number of nitrogens with two attached hydrogens (primary N) is 1. The molecule has 0 aromatic heterocycles. The highest BCUT2D eigenvalue weighted by atomic mass is 16.3. The van der Waals surface area contributed by atoms with E-state index < -0.39 is 0 Å². The van der Waals surface area contributed by atoms with Crippen LogP contribution in [0.1, 0.15) is 17.5 Å². The molecule has 1 fully saturated rings. The molecular weight excluding hydrogens is 188 g/mol. The standard InChI is InChI=1S/C12H18N2O/c1-9-3-2-4-10(7-13)12(9)14-6-5-11(15)8-14/h2-4,11,15H,5-8,13H2,1H3. The Labute approximate surface area is 90.5 Å². The Hall–Kier alpha value is -1.06. The number of nitrogens with zero attached hydrogens (tertiary/aromatic N) is 1. The number of hydrogen-bond donors (Lipinski definition) is 2. The number of benzene rings is 1. The van der Waals surface area contributed by atoms with Gasteiger partial charge in [0.25, 0.3) is 0 Å². The van der Waals surface area contributed by atoms with Crippen LogP contribution in [0.2, 0.25) is 0 Å². The molecule has 1 aromatic carbocycles. The Bertz CT molecular complexity index is 351. The second-order valence-corrected chi connectivity index (χ2v) is 4.18. The van der Waals surface area contributed by atoms with Gasteiger partial charge in [0.2, 0.25) is 0 Å². The Morgan fingerprint density at radius 3 is 2.93 bits per heavy atom. The number of β-amino-alcohol motifs (C(OH)–C–C–N with tert-alkyl or cyclic N) is 1. The summed E-state index contributed by atoms with van der Waals surface area (Å²) >= 11 is 0. The fourth-order valence-corrected chi connectivity index (χ4v) is 2.28. The van der Waals surface area contributed by atoms with Gasteiger partial charge in [-0.15, -0.1) is 0 Å². The van der Waals surface area contributed by atoms with Crippen molar-refractivity contribution < 1.29 is 5.11 Å². The van der Waals surface area contributed by atoms with E-state index in [-0.39, 0.29) is 6.10 Å². The van der Waals surface area contributed by atoms with Crippen LogP contribution in [0.25, 0.3) is 0 Å². The van der Waals surface area contributed by atoms with Crippen molar-refractivity contribution in [2.24, 2.45) is 5.73 Å². The van der Waals surface area contributed by atoms with Crippen LogP contribution in [0, 0.1) is 6.92 Å². The highest BCUT2D eigenvalue weighted by molar-refractivity contribution is 5.60. The normalized spacial score (nSPS) is 21.0. The molecule has 0 spiro atoms. The molecule has 2 rings (SSSR count). The van der Waals surface area contributed by atoms with Crippen LogP contribution in [0.5, 0.6) is 0 Å². The van der Waals surface area contributed by atoms with Gasteiger partial charge in [0, 0.05) is 25.3 Å². The van der Waals surface area contributed by atoms with Crippen LogP contribution in [0.4, 0.5) is 5.69 Å². The highest BCUT2D eigenvalue weighted by Gasteiger charge is 2.22. The van der Waals surface area contributed by atoms with Gasteiger partial charge in [-0.05, 0) is 24.5 Å². The first-order chi connectivity index (χ1) is 7.22. The summed E-state index contributed by atoms with van der Waals surface area (Å²) in [4.78, 5) is 2.24. The fraction of sp³-hybridized carbons (Fsp3) is 0.500. The molecule has 3 N–H and O–H groups in total. The van der Waals surface area contributed by atoms with Crippen molar-refractivity contribution in [2.75, 3.05) is 18.0 Å². The molecule has 1 atom stereocenters. The Balaban J connectivity index is 2.33. The van der Waals surface area contributed by atoms with Crippen molar-refractivity contribution in [3.05, 3.63) is 29.3 Å². The summed E-state index contributed by atoms with van der Waals surface area (Å²) in [7, 11) is 0. The van der Waals surface area contributed by atoms with Gasteiger partial charge < -0.3 is 15.7 Å². The molecule has 3 heteroatoms. The van der Waals surface area contributed by atoms with E-state index in [1.54, 1.807) is 0 Å². The van der Waals surface area contributed by atoms with Crippen LogP contribution in [-0.2, 0) is 6.54 Å². The largest absolute Gasteiger partial charge is 0.391 e. The highest BCUT2D eigenvalue weighted by Crippen LogP contribution is 2.28. The minimum absolute atomic E-state index is 0.185. The van der Waals surface area contributed by atoms with E-state index >= 15 is 0 Å². The van der Waals surface area contributed by atoms with Gasteiger partial charge in [0.05, 0.1) is 6.10 Å². The van der Waals surface area contributed by atoms with Crippen molar-refractivity contribution in [3.8, 4) is 0 Å². The lowest BCUT2D eigenvalue weighted by molar-refractivity contribution is 0.198. The number of para-hydroxylation sites is 1. The molecule has 15 heavy (non-hydrogen) atoms. The smallest absolute Gasteiger partial charge is 0.0731 e. The van der Waals surface area contributed by atoms with Gasteiger partial charge in [-0.3, -0.25) is 0 Å². The first kappa shape index (κ1) is 10.5. The number of aliphatic hydroxyl groups excluding tert-OH is 1. The summed E-state index contributed by atoms with van der Waals surface area (Å²) in [5.41, 5.74) is 9.36.